The normalized spacial score (nSPS) is 10.8. The van der Waals surface area contributed by atoms with E-state index in [1.165, 1.54) is 0 Å². The summed E-state index contributed by atoms with van der Waals surface area (Å²) in [5, 5.41) is 7.97. The lowest BCUT2D eigenvalue weighted by Crippen LogP contribution is -2.09. The van der Waals surface area contributed by atoms with Gasteiger partial charge >= 0.3 is 0 Å². The van der Waals surface area contributed by atoms with Crippen LogP contribution in [0, 0.1) is 6.92 Å². The quantitative estimate of drug-likeness (QED) is 0.837. The molecule has 0 fully saturated rings. The first-order valence-electron chi connectivity index (χ1n) is 6.80. The fourth-order valence-corrected chi connectivity index (χ4v) is 1.90. The zero-order valence-corrected chi connectivity index (χ0v) is 12.1. The molecule has 4 nitrogen and oxygen atoms in total. The van der Waals surface area contributed by atoms with Gasteiger partial charge in [0.1, 0.15) is 5.78 Å². The summed E-state index contributed by atoms with van der Waals surface area (Å²) in [5.41, 5.74) is 3.56. The van der Waals surface area contributed by atoms with E-state index in [1.54, 1.807) is 6.20 Å². The van der Waals surface area contributed by atoms with Crippen LogP contribution in [0.2, 0.25) is 0 Å². The summed E-state index contributed by atoms with van der Waals surface area (Å²) in [6.45, 7) is 6.08. The Kier molecular flexibility index (Phi) is 4.56. The van der Waals surface area contributed by atoms with Crippen molar-refractivity contribution in [2.45, 2.75) is 39.5 Å². The van der Waals surface area contributed by atoms with Crippen LogP contribution in [0.25, 0.3) is 0 Å². The summed E-state index contributed by atoms with van der Waals surface area (Å²) in [5.74, 6) is 0.532. The van der Waals surface area contributed by atoms with Crippen molar-refractivity contribution in [1.82, 2.24) is 15.2 Å². The number of rotatable bonds is 5. The van der Waals surface area contributed by atoms with Gasteiger partial charge in [-0.1, -0.05) is 19.9 Å². The molecule has 0 saturated carbocycles. The van der Waals surface area contributed by atoms with Gasteiger partial charge in [0.05, 0.1) is 17.8 Å². The molecule has 2 rings (SSSR count). The van der Waals surface area contributed by atoms with E-state index in [1.807, 2.05) is 31.2 Å². The molecule has 2 aromatic rings. The second-order valence-corrected chi connectivity index (χ2v) is 5.30. The number of ketones is 1. The number of hydrogen-bond donors (Lipinski definition) is 0. The molecule has 0 aliphatic rings. The monoisotopic (exact) mass is 269 g/mol. The van der Waals surface area contributed by atoms with Gasteiger partial charge in [0.2, 0.25) is 0 Å². The van der Waals surface area contributed by atoms with Crippen LogP contribution in [0.4, 0.5) is 0 Å². The third-order valence-corrected chi connectivity index (χ3v) is 3.07. The van der Waals surface area contributed by atoms with Gasteiger partial charge in [-0.2, -0.15) is 10.2 Å². The lowest BCUT2D eigenvalue weighted by molar-refractivity contribution is -0.117. The minimum atomic E-state index is 0.127. The number of carbonyl (C=O) groups excluding carboxylic acids is 1. The number of carbonyl (C=O) groups is 1. The highest BCUT2D eigenvalue weighted by Gasteiger charge is 2.08. The highest BCUT2D eigenvalue weighted by Crippen LogP contribution is 2.12. The molecule has 0 aliphatic heterocycles. The highest BCUT2D eigenvalue weighted by molar-refractivity contribution is 5.82. The van der Waals surface area contributed by atoms with Crippen LogP contribution in [0.3, 0.4) is 0 Å². The number of pyridine rings is 1. The van der Waals surface area contributed by atoms with Crippen LogP contribution in [-0.2, 0) is 17.6 Å². The van der Waals surface area contributed by atoms with E-state index in [9.17, 15) is 4.79 Å². The topological polar surface area (TPSA) is 55.7 Å². The lowest BCUT2D eigenvalue weighted by atomic mass is 10.0. The third kappa shape index (κ3) is 3.95. The summed E-state index contributed by atoms with van der Waals surface area (Å²) >= 11 is 0. The van der Waals surface area contributed by atoms with Crippen molar-refractivity contribution in [2.75, 3.05) is 0 Å². The molecule has 0 radical (unpaired) electrons. The molecular formula is C16H19N3O. The van der Waals surface area contributed by atoms with Crippen molar-refractivity contribution >= 4 is 5.78 Å². The smallest absolute Gasteiger partial charge is 0.143 e. The first-order chi connectivity index (χ1) is 9.54. The van der Waals surface area contributed by atoms with Gasteiger partial charge in [-0.15, -0.1) is 0 Å². The van der Waals surface area contributed by atoms with Crippen LogP contribution in [0.15, 0.2) is 30.5 Å². The van der Waals surface area contributed by atoms with Crippen LogP contribution >= 0.6 is 0 Å². The molecule has 0 atom stereocenters. The maximum absolute atomic E-state index is 12.0. The molecule has 0 spiro atoms. The maximum atomic E-state index is 12.0. The summed E-state index contributed by atoms with van der Waals surface area (Å²) in [4.78, 5) is 16.4. The molecule has 0 aromatic carbocycles. The van der Waals surface area contributed by atoms with Gasteiger partial charge in [-0.25, -0.2) is 0 Å². The van der Waals surface area contributed by atoms with Crippen molar-refractivity contribution in [3.8, 4) is 0 Å². The predicted octanol–water partition coefficient (Wildman–Crippen LogP) is 2.66. The van der Waals surface area contributed by atoms with Crippen molar-refractivity contribution in [3.05, 3.63) is 53.1 Å². The van der Waals surface area contributed by atoms with Crippen molar-refractivity contribution in [2.24, 2.45) is 0 Å². The number of aryl methyl sites for hydroxylation is 1. The Bertz CT molecular complexity index is 574. The van der Waals surface area contributed by atoms with Crippen LogP contribution < -0.4 is 0 Å². The molecule has 0 unspecified atom stereocenters. The summed E-state index contributed by atoms with van der Waals surface area (Å²) < 4.78 is 0. The zero-order chi connectivity index (χ0) is 14.5. The molecule has 2 heterocycles. The van der Waals surface area contributed by atoms with Crippen molar-refractivity contribution in [3.63, 3.8) is 0 Å². The minimum absolute atomic E-state index is 0.127. The van der Waals surface area contributed by atoms with Crippen LogP contribution in [-0.4, -0.2) is 21.0 Å². The molecule has 2 aromatic heterocycles. The molecule has 0 N–H and O–H groups in total. The van der Waals surface area contributed by atoms with Crippen molar-refractivity contribution in [1.29, 1.82) is 0 Å². The summed E-state index contributed by atoms with van der Waals surface area (Å²) in [7, 11) is 0. The lowest BCUT2D eigenvalue weighted by Gasteiger charge is -2.05. The van der Waals surface area contributed by atoms with Gasteiger partial charge in [-0.3, -0.25) is 9.78 Å². The molecule has 4 heteroatoms. The van der Waals surface area contributed by atoms with Crippen LogP contribution in [0.5, 0.6) is 0 Å². The van der Waals surface area contributed by atoms with Crippen molar-refractivity contribution < 1.29 is 4.79 Å². The van der Waals surface area contributed by atoms with Gasteiger partial charge < -0.3 is 0 Å². The fraction of sp³-hybridized carbons (Fsp3) is 0.375. The van der Waals surface area contributed by atoms with Gasteiger partial charge in [0, 0.05) is 18.3 Å². The standard InChI is InChI=1S/C16H19N3O/c1-11(2)16-7-5-13(10-17-16)8-15(20)9-14-6-4-12(3)18-19-14/h4-7,10-11H,8-9H2,1-3H3. The Labute approximate surface area is 119 Å². The molecule has 0 saturated heterocycles. The fourth-order valence-electron chi connectivity index (χ4n) is 1.90. The van der Waals surface area contributed by atoms with E-state index in [0.717, 1.165) is 17.0 Å². The van der Waals surface area contributed by atoms with E-state index >= 15 is 0 Å². The molecule has 0 aliphatic carbocycles. The zero-order valence-electron chi connectivity index (χ0n) is 12.1. The minimum Gasteiger partial charge on any atom is -0.299 e. The molecule has 0 amide bonds. The van der Waals surface area contributed by atoms with E-state index in [2.05, 4.69) is 29.0 Å². The van der Waals surface area contributed by atoms with E-state index < -0.39 is 0 Å². The Morgan fingerprint density at radius 2 is 1.90 bits per heavy atom. The Balaban J connectivity index is 1.95. The van der Waals surface area contributed by atoms with E-state index in [-0.39, 0.29) is 5.78 Å². The highest BCUT2D eigenvalue weighted by atomic mass is 16.1. The summed E-state index contributed by atoms with van der Waals surface area (Å²) in [6.07, 6.45) is 2.49. The SMILES string of the molecule is Cc1ccc(CC(=O)Cc2ccc(C(C)C)nc2)nn1. The second-order valence-electron chi connectivity index (χ2n) is 5.30. The van der Waals surface area contributed by atoms with Gasteiger partial charge in [-0.05, 0) is 36.6 Å². The molecule has 20 heavy (non-hydrogen) atoms. The average Bonchev–Trinajstić information content (AvgIpc) is 2.42. The number of aromatic nitrogens is 3. The Morgan fingerprint density at radius 1 is 1.10 bits per heavy atom. The third-order valence-electron chi connectivity index (χ3n) is 3.07. The predicted molar refractivity (Wildman–Crippen MR) is 77.5 cm³/mol. The first kappa shape index (κ1) is 14.3. The van der Waals surface area contributed by atoms with E-state index in [0.29, 0.717) is 24.5 Å². The van der Waals surface area contributed by atoms with Crippen LogP contribution in [0.1, 0.15) is 42.4 Å². The number of hydrogen-bond acceptors (Lipinski definition) is 4. The largest absolute Gasteiger partial charge is 0.299 e. The molecular weight excluding hydrogens is 250 g/mol. The second kappa shape index (κ2) is 6.37. The maximum Gasteiger partial charge on any atom is 0.143 e. The Morgan fingerprint density at radius 3 is 2.45 bits per heavy atom. The number of nitrogens with zero attached hydrogens (tertiary/aromatic N) is 3. The molecule has 104 valence electrons. The Hall–Kier alpha value is -2.10. The first-order valence-corrected chi connectivity index (χ1v) is 6.80. The van der Waals surface area contributed by atoms with E-state index in [4.69, 9.17) is 0 Å². The number of Topliss-reactive ketones (excluding diaryl/α,β-unsaturated/α-hetero) is 1. The molecule has 0 bridgehead atoms. The van der Waals surface area contributed by atoms with Gasteiger partial charge in [0.15, 0.2) is 0 Å². The van der Waals surface area contributed by atoms with Gasteiger partial charge in [0.25, 0.3) is 0 Å². The summed E-state index contributed by atoms with van der Waals surface area (Å²) in [6, 6.07) is 7.68. The average molecular weight is 269 g/mol.